The Bertz CT molecular complexity index is 375. The summed E-state index contributed by atoms with van der Waals surface area (Å²) in [6.07, 6.45) is 5.13. The molecule has 114 valence electrons. The lowest BCUT2D eigenvalue weighted by molar-refractivity contribution is -0.121. The Morgan fingerprint density at radius 1 is 1.35 bits per heavy atom. The average molecular weight is 317 g/mol. The van der Waals surface area contributed by atoms with Gasteiger partial charge in [0.25, 0.3) is 0 Å². The molecule has 1 aromatic carbocycles. The van der Waals surface area contributed by atoms with E-state index in [1.807, 2.05) is 36.6 Å². The van der Waals surface area contributed by atoms with Gasteiger partial charge in [-0.1, -0.05) is 50.1 Å². The number of nitrogens with two attached hydrogens (primary N) is 1. The number of hydrogen-bond acceptors (Lipinski definition) is 3. The summed E-state index contributed by atoms with van der Waals surface area (Å²) in [5.41, 5.74) is 6.76. The van der Waals surface area contributed by atoms with E-state index in [0.29, 0.717) is 6.54 Å². The predicted molar refractivity (Wildman–Crippen MR) is 90.5 cm³/mol. The Morgan fingerprint density at radius 3 is 2.50 bits per heavy atom. The van der Waals surface area contributed by atoms with E-state index in [0.717, 1.165) is 24.8 Å². The summed E-state index contributed by atoms with van der Waals surface area (Å²) in [5, 5.41) is 2.91. The molecule has 0 saturated heterocycles. The van der Waals surface area contributed by atoms with Crippen LogP contribution in [0.15, 0.2) is 30.3 Å². The first-order valence-corrected chi connectivity index (χ1v) is 8.09. The van der Waals surface area contributed by atoms with E-state index in [4.69, 9.17) is 5.73 Å². The van der Waals surface area contributed by atoms with Crippen molar-refractivity contribution in [2.75, 3.05) is 12.8 Å². The highest BCUT2D eigenvalue weighted by molar-refractivity contribution is 7.99. The quantitative estimate of drug-likeness (QED) is 0.774. The van der Waals surface area contributed by atoms with Gasteiger partial charge in [-0.2, -0.15) is 0 Å². The van der Waals surface area contributed by atoms with Gasteiger partial charge >= 0.3 is 0 Å². The van der Waals surface area contributed by atoms with E-state index >= 15 is 0 Å². The molecule has 0 aliphatic carbocycles. The second-order valence-corrected chi connectivity index (χ2v) is 5.55. The summed E-state index contributed by atoms with van der Waals surface area (Å²) in [7, 11) is 0. The number of benzene rings is 1. The Balaban J connectivity index is 0.00000361. The smallest absolute Gasteiger partial charge is 0.237 e. The van der Waals surface area contributed by atoms with Crippen LogP contribution < -0.4 is 11.1 Å². The summed E-state index contributed by atoms with van der Waals surface area (Å²) in [6.45, 7) is 2.64. The molecule has 3 nitrogen and oxygen atoms in total. The van der Waals surface area contributed by atoms with Gasteiger partial charge in [-0.05, 0) is 18.2 Å². The number of halogens is 1. The highest BCUT2D eigenvalue weighted by atomic mass is 35.5. The van der Waals surface area contributed by atoms with Crippen molar-refractivity contribution in [3.05, 3.63) is 35.9 Å². The van der Waals surface area contributed by atoms with Gasteiger partial charge in [0.1, 0.15) is 5.25 Å². The molecule has 0 aromatic heterocycles. The van der Waals surface area contributed by atoms with Crippen molar-refractivity contribution >= 4 is 30.1 Å². The predicted octanol–water partition coefficient (Wildman–Crippen LogP) is 3.15. The van der Waals surface area contributed by atoms with E-state index in [2.05, 4.69) is 12.2 Å². The number of carbonyl (C=O) groups excluding carboxylic acids is 1. The fraction of sp³-hybridized carbons (Fsp3) is 0.533. The molecule has 1 amide bonds. The molecule has 0 radical (unpaired) electrons. The zero-order valence-electron chi connectivity index (χ0n) is 12.2. The summed E-state index contributed by atoms with van der Waals surface area (Å²) < 4.78 is 0. The highest BCUT2D eigenvalue weighted by Crippen LogP contribution is 2.26. The number of rotatable bonds is 8. The SMILES string of the molecule is CCCCC(CN)NC(=O)C(SC)c1ccccc1.Cl. The fourth-order valence-electron chi connectivity index (χ4n) is 2.00. The first kappa shape index (κ1) is 19.3. The maximum atomic E-state index is 12.3. The summed E-state index contributed by atoms with van der Waals surface area (Å²) in [6, 6.07) is 9.95. The number of unbranched alkanes of at least 4 members (excludes halogenated alkanes) is 1. The summed E-state index contributed by atoms with van der Waals surface area (Å²) in [5.74, 6) is 0.0604. The molecule has 0 fully saturated rings. The largest absolute Gasteiger partial charge is 0.351 e. The van der Waals surface area contributed by atoms with Gasteiger partial charge in [0, 0.05) is 12.6 Å². The standard InChI is InChI=1S/C15H24N2OS.ClH/c1-3-4-10-13(11-16)17-15(18)14(19-2)12-8-6-5-7-9-12;/h5-9,13-14H,3-4,10-11,16H2,1-2H3,(H,17,18);1H. The topological polar surface area (TPSA) is 55.1 Å². The van der Waals surface area contributed by atoms with Gasteiger partial charge in [-0.15, -0.1) is 24.2 Å². The first-order valence-electron chi connectivity index (χ1n) is 6.81. The second-order valence-electron chi connectivity index (χ2n) is 4.61. The first-order chi connectivity index (χ1) is 9.22. The molecule has 0 heterocycles. The number of hydrogen-bond donors (Lipinski definition) is 2. The molecule has 0 spiro atoms. The molecule has 0 bridgehead atoms. The average Bonchev–Trinajstić information content (AvgIpc) is 2.45. The van der Waals surface area contributed by atoms with E-state index < -0.39 is 0 Å². The minimum Gasteiger partial charge on any atom is -0.351 e. The minimum absolute atomic E-state index is 0. The van der Waals surface area contributed by atoms with Crippen molar-refractivity contribution in [1.82, 2.24) is 5.32 Å². The van der Waals surface area contributed by atoms with E-state index in [1.165, 1.54) is 0 Å². The molecule has 2 unspecified atom stereocenters. The summed E-state index contributed by atoms with van der Waals surface area (Å²) >= 11 is 1.55. The molecule has 20 heavy (non-hydrogen) atoms. The second kappa shape index (κ2) is 11.0. The monoisotopic (exact) mass is 316 g/mol. The van der Waals surface area contributed by atoms with Gasteiger partial charge in [0.05, 0.1) is 0 Å². The van der Waals surface area contributed by atoms with Crippen LogP contribution in [0.3, 0.4) is 0 Å². The van der Waals surface area contributed by atoms with E-state index in [-0.39, 0.29) is 29.6 Å². The Hall–Kier alpha value is -0.710. The maximum absolute atomic E-state index is 12.3. The fourth-order valence-corrected chi connectivity index (χ4v) is 2.71. The van der Waals surface area contributed by atoms with Crippen LogP contribution in [0.1, 0.15) is 37.0 Å². The van der Waals surface area contributed by atoms with Crippen LogP contribution in [0.25, 0.3) is 0 Å². The van der Waals surface area contributed by atoms with Crippen molar-refractivity contribution < 1.29 is 4.79 Å². The Labute approximate surface area is 132 Å². The van der Waals surface area contributed by atoms with Gasteiger partial charge < -0.3 is 11.1 Å². The molecule has 3 N–H and O–H groups in total. The lowest BCUT2D eigenvalue weighted by Crippen LogP contribution is -2.41. The zero-order valence-corrected chi connectivity index (χ0v) is 13.8. The number of thioether (sulfide) groups is 1. The molecule has 1 rings (SSSR count). The lowest BCUT2D eigenvalue weighted by atomic mass is 10.1. The Morgan fingerprint density at radius 2 is 2.00 bits per heavy atom. The van der Waals surface area contributed by atoms with E-state index in [1.54, 1.807) is 11.8 Å². The molecule has 2 atom stereocenters. The summed E-state index contributed by atoms with van der Waals surface area (Å²) in [4.78, 5) is 12.3. The van der Waals surface area contributed by atoms with Crippen molar-refractivity contribution in [3.63, 3.8) is 0 Å². The number of carbonyl (C=O) groups is 1. The minimum atomic E-state index is -0.156. The van der Waals surface area contributed by atoms with Crippen molar-refractivity contribution in [3.8, 4) is 0 Å². The van der Waals surface area contributed by atoms with Crippen LogP contribution in [0.4, 0.5) is 0 Å². The Kier molecular flexibility index (Phi) is 10.6. The molecular formula is C15H25ClN2OS. The van der Waals surface area contributed by atoms with Gasteiger partial charge in [0.15, 0.2) is 0 Å². The third-order valence-corrected chi connectivity index (χ3v) is 4.07. The zero-order chi connectivity index (χ0) is 14.1. The van der Waals surface area contributed by atoms with Gasteiger partial charge in [-0.3, -0.25) is 4.79 Å². The highest BCUT2D eigenvalue weighted by Gasteiger charge is 2.21. The van der Waals surface area contributed by atoms with Crippen LogP contribution in [-0.2, 0) is 4.79 Å². The number of nitrogens with one attached hydrogen (secondary N) is 1. The molecule has 5 heteroatoms. The van der Waals surface area contributed by atoms with Crippen LogP contribution in [0, 0.1) is 0 Å². The van der Waals surface area contributed by atoms with E-state index in [9.17, 15) is 4.79 Å². The van der Waals surface area contributed by atoms with Crippen molar-refractivity contribution in [1.29, 1.82) is 0 Å². The van der Waals surface area contributed by atoms with Crippen LogP contribution in [-0.4, -0.2) is 24.7 Å². The lowest BCUT2D eigenvalue weighted by Gasteiger charge is -2.21. The van der Waals surface area contributed by atoms with Gasteiger partial charge in [-0.25, -0.2) is 0 Å². The number of amides is 1. The normalized spacial score (nSPS) is 13.2. The molecule has 0 aliphatic heterocycles. The van der Waals surface area contributed by atoms with Crippen LogP contribution in [0.2, 0.25) is 0 Å². The van der Waals surface area contributed by atoms with Gasteiger partial charge in [0.2, 0.25) is 5.91 Å². The third-order valence-electron chi connectivity index (χ3n) is 3.11. The van der Waals surface area contributed by atoms with Crippen LogP contribution in [0.5, 0.6) is 0 Å². The molecular weight excluding hydrogens is 292 g/mol. The maximum Gasteiger partial charge on any atom is 0.237 e. The molecule has 0 aliphatic rings. The third kappa shape index (κ3) is 6.16. The van der Waals surface area contributed by atoms with Crippen molar-refractivity contribution in [2.24, 2.45) is 5.73 Å². The molecule has 1 aromatic rings. The molecule has 0 saturated carbocycles. The van der Waals surface area contributed by atoms with Crippen molar-refractivity contribution in [2.45, 2.75) is 37.5 Å². The van der Waals surface area contributed by atoms with Crippen LogP contribution >= 0.6 is 24.2 Å².